The van der Waals surface area contributed by atoms with Crippen LogP contribution in [0, 0.1) is 0 Å². The van der Waals surface area contributed by atoms with Crippen LogP contribution in [0.5, 0.6) is 0 Å². The van der Waals surface area contributed by atoms with Crippen LogP contribution in [0.4, 0.5) is 48.3 Å². The summed E-state index contributed by atoms with van der Waals surface area (Å²) in [5.74, 6) is -5.26. The van der Waals surface area contributed by atoms with Gasteiger partial charge >= 0.3 is 18.3 Å². The van der Waals surface area contributed by atoms with Gasteiger partial charge in [-0.3, -0.25) is 4.90 Å². The van der Waals surface area contributed by atoms with Gasteiger partial charge in [-0.25, -0.2) is 22.0 Å². The fourth-order valence-corrected chi connectivity index (χ4v) is 3.68. The first kappa shape index (κ1) is 24.4. The molecule has 0 N–H and O–H groups in total. The van der Waals surface area contributed by atoms with Gasteiger partial charge in [0, 0.05) is 13.1 Å². The Kier molecular flexibility index (Phi) is 7.03. The van der Waals surface area contributed by atoms with E-state index in [9.17, 15) is 43.9 Å². The van der Waals surface area contributed by atoms with Crippen LogP contribution in [0.15, 0.2) is 0 Å². The summed E-state index contributed by atoms with van der Waals surface area (Å²) in [4.78, 5) is 0.565. The molecule has 0 bridgehead atoms. The van der Waals surface area contributed by atoms with Gasteiger partial charge in [0.2, 0.25) is 0 Å². The van der Waals surface area contributed by atoms with Crippen molar-refractivity contribution in [2.75, 3.05) is 13.1 Å². The van der Waals surface area contributed by atoms with Crippen molar-refractivity contribution in [3.63, 3.8) is 0 Å². The molecule has 0 aliphatic carbocycles. The highest BCUT2D eigenvalue weighted by atomic mass is 19.4. The quantitative estimate of drug-likeness (QED) is 0.404. The third-order valence-corrected chi connectivity index (χ3v) is 5.28. The number of hydrogen-bond donors (Lipinski definition) is 0. The van der Waals surface area contributed by atoms with Crippen LogP contribution in [-0.2, 0) is 4.74 Å². The minimum atomic E-state index is -6.01. The zero-order chi connectivity index (χ0) is 22.3. The second kappa shape index (κ2) is 8.35. The summed E-state index contributed by atoms with van der Waals surface area (Å²) in [6.45, 7) is -0.425. The largest absolute Gasteiger partial charge is 0.429 e. The molecule has 2 heterocycles. The lowest BCUT2D eigenvalue weighted by atomic mass is 9.86. The Balaban J connectivity index is 2.30. The summed E-state index contributed by atoms with van der Waals surface area (Å²) >= 11 is 0. The van der Waals surface area contributed by atoms with E-state index in [1.807, 2.05) is 0 Å². The van der Waals surface area contributed by atoms with Gasteiger partial charge in [0.15, 0.2) is 6.30 Å². The minimum Gasteiger partial charge on any atom is -0.365 e. The lowest BCUT2D eigenvalue weighted by Crippen LogP contribution is -2.66. The van der Waals surface area contributed by atoms with Gasteiger partial charge < -0.3 is 4.74 Å². The lowest BCUT2D eigenvalue weighted by Gasteiger charge is -2.46. The molecule has 2 rings (SSSR count). The Labute approximate surface area is 159 Å². The number of ether oxygens (including phenoxy) is 1. The zero-order valence-electron chi connectivity index (χ0n) is 15.0. The van der Waals surface area contributed by atoms with E-state index < -0.39 is 67.9 Å². The van der Waals surface area contributed by atoms with Gasteiger partial charge in [0.05, 0.1) is 0 Å². The average molecular weight is 451 g/mol. The molecule has 0 aromatic carbocycles. The lowest BCUT2D eigenvalue weighted by molar-refractivity contribution is -0.335. The fourth-order valence-electron chi connectivity index (χ4n) is 3.68. The number of hydrogen-bond acceptors (Lipinski definition) is 2. The molecule has 0 spiro atoms. The van der Waals surface area contributed by atoms with E-state index in [0.29, 0.717) is 11.3 Å². The monoisotopic (exact) mass is 451 g/mol. The molecule has 0 saturated carbocycles. The van der Waals surface area contributed by atoms with E-state index in [1.54, 1.807) is 0 Å². The van der Waals surface area contributed by atoms with Crippen LogP contribution in [0.25, 0.3) is 0 Å². The molecule has 172 valence electrons. The highest BCUT2D eigenvalue weighted by molar-refractivity contribution is 5.04. The molecule has 0 radical (unpaired) electrons. The van der Waals surface area contributed by atoms with Crippen molar-refractivity contribution in [3.05, 3.63) is 0 Å². The minimum absolute atomic E-state index is 0.212. The topological polar surface area (TPSA) is 12.5 Å². The Morgan fingerprint density at radius 1 is 0.724 bits per heavy atom. The van der Waals surface area contributed by atoms with Crippen molar-refractivity contribution in [1.29, 1.82) is 0 Å². The summed E-state index contributed by atoms with van der Waals surface area (Å²) in [6, 6.07) is 0. The first-order chi connectivity index (χ1) is 13.1. The average Bonchev–Trinajstić information content (AvgIpc) is 2.65. The smallest absolute Gasteiger partial charge is 0.365 e. The van der Waals surface area contributed by atoms with Crippen LogP contribution >= 0.6 is 0 Å². The van der Waals surface area contributed by atoms with E-state index in [0.717, 1.165) is 0 Å². The second-order valence-electron chi connectivity index (χ2n) is 7.32. The number of alkyl halides is 11. The van der Waals surface area contributed by atoms with Crippen molar-refractivity contribution in [2.24, 2.45) is 0 Å². The Hall–Kier alpha value is -0.850. The Morgan fingerprint density at radius 2 is 1.24 bits per heavy atom. The van der Waals surface area contributed by atoms with Gasteiger partial charge in [-0.1, -0.05) is 6.42 Å². The van der Waals surface area contributed by atoms with E-state index in [4.69, 9.17) is 0 Å². The second-order valence-corrected chi connectivity index (χ2v) is 7.32. The number of rotatable bonds is 5. The molecule has 2 saturated heterocycles. The van der Waals surface area contributed by atoms with Crippen LogP contribution in [-0.4, -0.2) is 66.6 Å². The fraction of sp³-hybridized carbons (Fsp3) is 1.00. The summed E-state index contributed by atoms with van der Waals surface area (Å²) < 4.78 is 153. The highest BCUT2D eigenvalue weighted by Gasteiger charge is 2.70. The molecule has 0 aromatic heterocycles. The first-order valence-corrected chi connectivity index (χ1v) is 9.01. The molecule has 0 amide bonds. The summed E-state index contributed by atoms with van der Waals surface area (Å²) in [7, 11) is 0. The van der Waals surface area contributed by atoms with E-state index in [2.05, 4.69) is 4.74 Å². The molecule has 5 unspecified atom stereocenters. The highest BCUT2D eigenvalue weighted by Crippen LogP contribution is 2.49. The summed E-state index contributed by atoms with van der Waals surface area (Å²) in [5, 5.41) is 0. The molecule has 0 aromatic rings. The van der Waals surface area contributed by atoms with Crippen molar-refractivity contribution in [3.8, 4) is 0 Å². The maximum absolute atomic E-state index is 15.1. The number of likely N-dealkylation sites (tertiary alicyclic amines) is 1. The van der Waals surface area contributed by atoms with Gasteiger partial charge in [0.25, 0.3) is 11.8 Å². The van der Waals surface area contributed by atoms with E-state index in [-0.39, 0.29) is 25.9 Å². The Morgan fingerprint density at radius 3 is 1.72 bits per heavy atom. The van der Waals surface area contributed by atoms with Crippen molar-refractivity contribution >= 4 is 0 Å². The van der Waals surface area contributed by atoms with Crippen molar-refractivity contribution in [2.45, 2.75) is 87.1 Å². The predicted molar refractivity (Wildman–Crippen MR) is 78.6 cm³/mol. The molecule has 2 aliphatic rings. The number of piperidine rings is 1. The third-order valence-electron chi connectivity index (χ3n) is 5.28. The molecule has 29 heavy (non-hydrogen) atoms. The maximum atomic E-state index is 15.1. The SMILES string of the molecule is FC(C(F)(F)F)C(F)(F)C1CCCC(C(F)(C(F)N2CCCCC2)C(F)(F)F)O1. The molecule has 13 heteroatoms. The van der Waals surface area contributed by atoms with E-state index >= 15 is 4.39 Å². The molecule has 5 atom stereocenters. The summed E-state index contributed by atoms with van der Waals surface area (Å²) in [5.41, 5.74) is -4.76. The Bertz CT molecular complexity index is 546. The third kappa shape index (κ3) is 4.75. The van der Waals surface area contributed by atoms with Crippen molar-refractivity contribution < 1.29 is 53.0 Å². The molecule has 2 aliphatic heterocycles. The van der Waals surface area contributed by atoms with Crippen LogP contribution in [0.2, 0.25) is 0 Å². The van der Waals surface area contributed by atoms with Crippen LogP contribution in [0.3, 0.4) is 0 Å². The molecule has 2 nitrogen and oxygen atoms in total. The molecular formula is C16H20F11NO. The van der Waals surface area contributed by atoms with Gasteiger partial charge in [-0.2, -0.15) is 26.3 Å². The number of halogens is 11. The van der Waals surface area contributed by atoms with Gasteiger partial charge in [-0.05, 0) is 32.1 Å². The normalized spacial score (nSPS) is 29.9. The molecule has 2 fully saturated rings. The van der Waals surface area contributed by atoms with Crippen molar-refractivity contribution in [1.82, 2.24) is 4.90 Å². The number of nitrogens with zero attached hydrogens (tertiary/aromatic N) is 1. The van der Waals surface area contributed by atoms with Gasteiger partial charge in [0.1, 0.15) is 12.2 Å². The van der Waals surface area contributed by atoms with Crippen LogP contribution in [0.1, 0.15) is 38.5 Å². The maximum Gasteiger partial charge on any atom is 0.429 e. The summed E-state index contributed by atoms with van der Waals surface area (Å²) in [6.07, 6.45) is -27.0. The predicted octanol–water partition coefficient (Wildman–Crippen LogP) is 5.51. The zero-order valence-corrected chi connectivity index (χ0v) is 15.0. The first-order valence-electron chi connectivity index (χ1n) is 9.01. The van der Waals surface area contributed by atoms with E-state index in [1.165, 1.54) is 0 Å². The standard InChI is InChI=1S/C16H20F11NO/c17-11(15(22,23)24)14(20,21)10-6-4-5-9(29-10)13(19,16(25,26)27)12(18)28-7-2-1-3-8-28/h9-12H,1-8H2. The van der Waals surface area contributed by atoms with Crippen LogP contribution < -0.4 is 0 Å². The molecular weight excluding hydrogens is 431 g/mol. The van der Waals surface area contributed by atoms with Gasteiger partial charge in [-0.15, -0.1) is 0 Å².